The number of fused-ring (bicyclic) bond motifs is 1. The van der Waals surface area contributed by atoms with E-state index in [-0.39, 0.29) is 0 Å². The van der Waals surface area contributed by atoms with Crippen LogP contribution in [0.5, 0.6) is 0 Å². The van der Waals surface area contributed by atoms with Crippen molar-refractivity contribution in [2.75, 3.05) is 0 Å². The van der Waals surface area contributed by atoms with Crippen LogP contribution in [0.15, 0.2) is 45.9 Å². The van der Waals surface area contributed by atoms with E-state index in [1.807, 2.05) is 23.6 Å². The number of aliphatic carboxylic acids is 1. The van der Waals surface area contributed by atoms with Gasteiger partial charge in [-0.2, -0.15) is 0 Å². The van der Waals surface area contributed by atoms with Crippen molar-refractivity contribution in [2.45, 2.75) is 25.9 Å². The molecule has 1 atom stereocenters. The molecule has 0 saturated carbocycles. The highest BCUT2D eigenvalue weighted by atomic mass is 79.9. The maximum Gasteiger partial charge on any atom is 0.321 e. The highest BCUT2D eigenvalue weighted by Gasteiger charge is 2.18. The molecule has 0 fully saturated rings. The number of carboxylic acid groups (broad SMARTS) is 1. The molecule has 0 aliphatic heterocycles. The third kappa shape index (κ3) is 3.46. The molecule has 3 heterocycles. The van der Waals surface area contributed by atoms with Crippen LogP contribution in [0.4, 0.5) is 0 Å². The van der Waals surface area contributed by atoms with Crippen molar-refractivity contribution in [2.24, 2.45) is 0 Å². The second-order valence-corrected chi connectivity index (χ2v) is 6.31. The fourth-order valence-electron chi connectivity index (χ4n) is 2.51. The smallest absolute Gasteiger partial charge is 0.321 e. The van der Waals surface area contributed by atoms with Gasteiger partial charge in [0.05, 0.1) is 24.4 Å². The van der Waals surface area contributed by atoms with Crippen LogP contribution in [-0.2, 0) is 17.8 Å². The molecule has 0 saturated heterocycles. The maximum absolute atomic E-state index is 11.4. The van der Waals surface area contributed by atoms with Gasteiger partial charge in [0.1, 0.15) is 11.7 Å². The Balaban J connectivity index is 1.77. The maximum atomic E-state index is 11.4. The molecule has 3 rings (SSSR count). The van der Waals surface area contributed by atoms with Crippen LogP contribution in [0.3, 0.4) is 0 Å². The van der Waals surface area contributed by atoms with Gasteiger partial charge in [0.2, 0.25) is 0 Å². The molecule has 0 spiro atoms. The summed E-state index contributed by atoms with van der Waals surface area (Å²) in [4.78, 5) is 15.8. The van der Waals surface area contributed by atoms with Gasteiger partial charge in [-0.15, -0.1) is 0 Å². The Kier molecular flexibility index (Phi) is 4.49. The summed E-state index contributed by atoms with van der Waals surface area (Å²) in [6.45, 7) is 2.40. The molecule has 0 bridgehead atoms. The zero-order chi connectivity index (χ0) is 16.4. The van der Waals surface area contributed by atoms with Gasteiger partial charge < -0.3 is 13.9 Å². The standard InChI is InChI=1S/C16H16BrN3O3/c1-10-4-12(17)8-20-13(7-19-15(10)20)6-18-14(16(21)22)5-11-2-3-23-9-11/h2-4,7-9,14,18H,5-6H2,1H3,(H,21,22). The number of nitrogens with zero attached hydrogens (tertiary/aromatic N) is 2. The van der Waals surface area contributed by atoms with Crippen LogP contribution < -0.4 is 5.32 Å². The third-order valence-corrected chi connectivity index (χ3v) is 4.11. The Bertz CT molecular complexity index is 827. The van der Waals surface area contributed by atoms with Gasteiger partial charge in [-0.1, -0.05) is 0 Å². The fraction of sp³-hybridized carbons (Fsp3) is 0.250. The number of carbonyl (C=O) groups is 1. The molecule has 0 radical (unpaired) electrons. The fourth-order valence-corrected chi connectivity index (χ4v) is 3.06. The number of rotatable bonds is 6. The summed E-state index contributed by atoms with van der Waals surface area (Å²) in [6.07, 6.45) is 7.16. The van der Waals surface area contributed by atoms with Gasteiger partial charge in [0, 0.05) is 23.6 Å². The number of carboxylic acids is 1. The van der Waals surface area contributed by atoms with E-state index >= 15 is 0 Å². The van der Waals surface area contributed by atoms with E-state index < -0.39 is 12.0 Å². The lowest BCUT2D eigenvalue weighted by molar-refractivity contribution is -0.139. The van der Waals surface area contributed by atoms with Gasteiger partial charge in [0.15, 0.2) is 0 Å². The Labute approximate surface area is 141 Å². The quantitative estimate of drug-likeness (QED) is 0.690. The van der Waals surface area contributed by atoms with E-state index in [0.29, 0.717) is 13.0 Å². The Morgan fingerprint density at radius 2 is 2.39 bits per heavy atom. The predicted octanol–water partition coefficient (Wildman–Crippen LogP) is 2.78. The van der Waals surface area contributed by atoms with Crippen molar-refractivity contribution in [3.63, 3.8) is 0 Å². The number of furan rings is 1. The van der Waals surface area contributed by atoms with Crippen molar-refractivity contribution in [3.8, 4) is 0 Å². The van der Waals surface area contributed by atoms with E-state index in [2.05, 4.69) is 26.2 Å². The first-order valence-corrected chi connectivity index (χ1v) is 7.93. The monoisotopic (exact) mass is 377 g/mol. The number of pyridine rings is 1. The lowest BCUT2D eigenvalue weighted by atomic mass is 10.1. The molecule has 120 valence electrons. The summed E-state index contributed by atoms with van der Waals surface area (Å²) in [5.41, 5.74) is 3.68. The van der Waals surface area contributed by atoms with Crippen LogP contribution >= 0.6 is 15.9 Å². The number of aromatic nitrogens is 2. The molecule has 1 unspecified atom stereocenters. The van der Waals surface area contributed by atoms with Crippen molar-refractivity contribution in [1.82, 2.24) is 14.7 Å². The highest BCUT2D eigenvalue weighted by molar-refractivity contribution is 9.10. The minimum absolute atomic E-state index is 0.366. The van der Waals surface area contributed by atoms with Crippen molar-refractivity contribution in [3.05, 3.63) is 58.3 Å². The molecule has 6 nitrogen and oxygen atoms in total. The zero-order valence-electron chi connectivity index (χ0n) is 12.5. The van der Waals surface area contributed by atoms with E-state index in [9.17, 15) is 9.90 Å². The van der Waals surface area contributed by atoms with Crippen LogP contribution in [0.2, 0.25) is 0 Å². The molecule has 0 amide bonds. The van der Waals surface area contributed by atoms with Gasteiger partial charge in [0.25, 0.3) is 0 Å². The van der Waals surface area contributed by atoms with Crippen LogP contribution in [0.25, 0.3) is 5.65 Å². The van der Waals surface area contributed by atoms with Gasteiger partial charge in [-0.05, 0) is 46.1 Å². The van der Waals surface area contributed by atoms with Crippen molar-refractivity contribution >= 4 is 27.5 Å². The van der Waals surface area contributed by atoms with E-state index in [1.165, 1.54) is 0 Å². The minimum Gasteiger partial charge on any atom is -0.480 e. The summed E-state index contributed by atoms with van der Waals surface area (Å²) in [7, 11) is 0. The van der Waals surface area contributed by atoms with Crippen LogP contribution in [0, 0.1) is 6.92 Å². The number of nitrogens with one attached hydrogen (secondary N) is 1. The molecule has 0 aliphatic carbocycles. The molecule has 0 aliphatic rings. The second kappa shape index (κ2) is 6.55. The number of imidazole rings is 1. The van der Waals surface area contributed by atoms with Crippen molar-refractivity contribution in [1.29, 1.82) is 0 Å². The lowest BCUT2D eigenvalue weighted by Gasteiger charge is -2.13. The SMILES string of the molecule is Cc1cc(Br)cn2c(CNC(Cc3ccoc3)C(=O)O)cnc12. The predicted molar refractivity (Wildman–Crippen MR) is 88.3 cm³/mol. The normalized spacial score (nSPS) is 12.6. The molecule has 0 aromatic carbocycles. The summed E-state index contributed by atoms with van der Waals surface area (Å²) in [5.74, 6) is -0.891. The third-order valence-electron chi connectivity index (χ3n) is 3.68. The molecule has 7 heteroatoms. The topological polar surface area (TPSA) is 79.8 Å². The molecular formula is C16H16BrN3O3. The van der Waals surface area contributed by atoms with E-state index in [0.717, 1.165) is 26.9 Å². The molecule has 3 aromatic heterocycles. The number of hydrogen-bond acceptors (Lipinski definition) is 4. The first kappa shape index (κ1) is 15.8. The van der Waals surface area contributed by atoms with Crippen molar-refractivity contribution < 1.29 is 14.3 Å². The van der Waals surface area contributed by atoms with Crippen LogP contribution in [0.1, 0.15) is 16.8 Å². The second-order valence-electron chi connectivity index (χ2n) is 5.39. The lowest BCUT2D eigenvalue weighted by Crippen LogP contribution is -2.38. The Hall–Kier alpha value is -2.12. The molecule has 2 N–H and O–H groups in total. The number of halogens is 1. The van der Waals surface area contributed by atoms with Gasteiger partial charge in [-0.3, -0.25) is 10.1 Å². The molecule has 23 heavy (non-hydrogen) atoms. The van der Waals surface area contributed by atoms with Gasteiger partial charge >= 0.3 is 5.97 Å². The van der Waals surface area contributed by atoms with Crippen LogP contribution in [-0.4, -0.2) is 26.5 Å². The first-order chi connectivity index (χ1) is 11.0. The molecular weight excluding hydrogens is 362 g/mol. The van der Waals surface area contributed by atoms with E-state index in [1.54, 1.807) is 24.8 Å². The minimum atomic E-state index is -0.891. The average molecular weight is 378 g/mol. The first-order valence-electron chi connectivity index (χ1n) is 7.14. The summed E-state index contributed by atoms with van der Waals surface area (Å²) >= 11 is 3.47. The summed E-state index contributed by atoms with van der Waals surface area (Å²) < 4.78 is 7.90. The Morgan fingerprint density at radius 1 is 1.57 bits per heavy atom. The number of aryl methyl sites for hydroxylation is 1. The van der Waals surface area contributed by atoms with Gasteiger partial charge in [-0.25, -0.2) is 4.98 Å². The zero-order valence-corrected chi connectivity index (χ0v) is 14.1. The van der Waals surface area contributed by atoms with E-state index in [4.69, 9.17) is 4.42 Å². The Morgan fingerprint density at radius 3 is 3.09 bits per heavy atom. The average Bonchev–Trinajstić information content (AvgIpc) is 3.12. The summed E-state index contributed by atoms with van der Waals surface area (Å²) in [6, 6.07) is 3.08. The molecule has 3 aromatic rings. The summed E-state index contributed by atoms with van der Waals surface area (Å²) in [5, 5.41) is 12.5. The number of hydrogen-bond donors (Lipinski definition) is 2. The highest BCUT2D eigenvalue weighted by Crippen LogP contribution is 2.18. The largest absolute Gasteiger partial charge is 0.480 e.